The summed E-state index contributed by atoms with van der Waals surface area (Å²) in [7, 11) is -3.53. The molecule has 88 valence electrons. The van der Waals surface area contributed by atoms with Gasteiger partial charge in [-0.05, 0) is 40.8 Å². The molecule has 0 aliphatic carbocycles. The van der Waals surface area contributed by atoms with Gasteiger partial charge < -0.3 is 0 Å². The van der Waals surface area contributed by atoms with Crippen LogP contribution >= 0.6 is 22.6 Å². The average Bonchev–Trinajstić information content (AvgIpc) is 2.33. The summed E-state index contributed by atoms with van der Waals surface area (Å²) in [6.45, 7) is 0. The van der Waals surface area contributed by atoms with Crippen molar-refractivity contribution in [3.05, 3.63) is 52.4 Å². The van der Waals surface area contributed by atoms with Gasteiger partial charge in [0.15, 0.2) is 0 Å². The summed E-state index contributed by atoms with van der Waals surface area (Å²) >= 11 is 2.05. The molecule has 0 amide bonds. The summed E-state index contributed by atoms with van der Waals surface area (Å²) in [5.41, 5.74) is 0.483. The zero-order chi connectivity index (χ0) is 12.3. The van der Waals surface area contributed by atoms with Crippen molar-refractivity contribution in [2.24, 2.45) is 0 Å². The first-order valence-electron chi connectivity index (χ1n) is 4.77. The van der Waals surface area contributed by atoms with Crippen LogP contribution in [0.3, 0.4) is 0 Å². The van der Waals surface area contributed by atoms with Crippen LogP contribution in [0.5, 0.6) is 0 Å². The van der Waals surface area contributed by atoms with Crippen LogP contribution in [0.25, 0.3) is 0 Å². The molecule has 6 heteroatoms. The van der Waals surface area contributed by atoms with Gasteiger partial charge in [0.25, 0.3) is 10.0 Å². The molecule has 0 spiro atoms. The topological polar surface area (TPSA) is 59.1 Å². The highest BCUT2D eigenvalue weighted by Crippen LogP contribution is 2.19. The third-order valence-electron chi connectivity index (χ3n) is 2.07. The number of nitrogens with one attached hydrogen (secondary N) is 1. The van der Waals surface area contributed by atoms with Crippen molar-refractivity contribution < 1.29 is 8.42 Å². The molecule has 1 aromatic heterocycles. The molecule has 0 fully saturated rings. The van der Waals surface area contributed by atoms with Crippen LogP contribution in [0.1, 0.15) is 0 Å². The van der Waals surface area contributed by atoms with Gasteiger partial charge in [0.05, 0.1) is 16.8 Å². The predicted molar refractivity (Wildman–Crippen MR) is 74.2 cm³/mol. The molecule has 1 aromatic carbocycles. The van der Waals surface area contributed by atoms with Gasteiger partial charge in [-0.15, -0.1) is 0 Å². The average molecular weight is 360 g/mol. The Bertz CT molecular complexity index is 614. The first-order chi connectivity index (χ1) is 8.09. The molecule has 1 heterocycles. The normalized spacial score (nSPS) is 11.1. The number of halogens is 1. The maximum absolute atomic E-state index is 12.0. The van der Waals surface area contributed by atoms with Crippen LogP contribution in [0.2, 0.25) is 0 Å². The lowest BCUT2D eigenvalue weighted by atomic mass is 10.4. The lowest BCUT2D eigenvalue weighted by Crippen LogP contribution is -2.13. The Balaban J connectivity index is 2.34. The van der Waals surface area contributed by atoms with E-state index >= 15 is 0 Å². The Hall–Kier alpha value is -1.15. The fraction of sp³-hybridized carbons (Fsp3) is 0. The van der Waals surface area contributed by atoms with E-state index in [1.807, 2.05) is 0 Å². The number of nitrogens with zero attached hydrogens (tertiary/aromatic N) is 1. The van der Waals surface area contributed by atoms with E-state index in [0.717, 1.165) is 3.57 Å². The fourth-order valence-electron chi connectivity index (χ4n) is 1.26. The highest BCUT2D eigenvalue weighted by atomic mass is 127. The van der Waals surface area contributed by atoms with Crippen LogP contribution < -0.4 is 4.72 Å². The number of benzene rings is 1. The number of pyridine rings is 1. The van der Waals surface area contributed by atoms with Crippen molar-refractivity contribution >= 4 is 38.3 Å². The third-order valence-corrected chi connectivity index (χ3v) is 4.39. The van der Waals surface area contributed by atoms with Crippen LogP contribution in [-0.4, -0.2) is 13.4 Å². The van der Waals surface area contributed by atoms with Gasteiger partial charge in [0, 0.05) is 9.77 Å². The predicted octanol–water partition coefficient (Wildman–Crippen LogP) is 2.49. The lowest BCUT2D eigenvalue weighted by Gasteiger charge is -2.08. The summed E-state index contributed by atoms with van der Waals surface area (Å²) in [6.07, 6.45) is 3.10. The third kappa shape index (κ3) is 2.95. The minimum Gasteiger partial charge on any atom is -0.277 e. The monoisotopic (exact) mass is 360 g/mol. The summed E-state index contributed by atoms with van der Waals surface area (Å²) in [5, 5.41) is 0. The van der Waals surface area contributed by atoms with Gasteiger partial charge in [-0.3, -0.25) is 9.71 Å². The molecule has 0 atom stereocenters. The second-order valence-corrected chi connectivity index (χ2v) is 6.12. The Labute approximate surface area is 113 Å². The minimum absolute atomic E-state index is 0.236. The number of hydrogen-bond acceptors (Lipinski definition) is 3. The van der Waals surface area contributed by atoms with Crippen molar-refractivity contribution in [3.63, 3.8) is 0 Å². The van der Waals surface area contributed by atoms with E-state index in [1.165, 1.54) is 6.20 Å². The smallest absolute Gasteiger partial charge is 0.261 e. The highest BCUT2D eigenvalue weighted by molar-refractivity contribution is 14.1. The molecule has 17 heavy (non-hydrogen) atoms. The molecule has 0 radical (unpaired) electrons. The first kappa shape index (κ1) is 12.3. The molecule has 0 unspecified atom stereocenters. The lowest BCUT2D eigenvalue weighted by molar-refractivity contribution is 0.601. The van der Waals surface area contributed by atoms with Crippen LogP contribution in [0.4, 0.5) is 5.69 Å². The molecule has 1 N–H and O–H groups in total. The van der Waals surface area contributed by atoms with Crippen molar-refractivity contribution in [2.75, 3.05) is 4.72 Å². The quantitative estimate of drug-likeness (QED) is 0.856. The van der Waals surface area contributed by atoms with Crippen LogP contribution in [0, 0.1) is 3.57 Å². The number of aromatic nitrogens is 1. The molecule has 0 bridgehead atoms. The molecule has 0 saturated heterocycles. The van der Waals surface area contributed by atoms with Gasteiger partial charge in [0.2, 0.25) is 0 Å². The van der Waals surface area contributed by atoms with E-state index in [1.54, 1.807) is 42.6 Å². The number of hydrogen-bond donors (Lipinski definition) is 1. The molecule has 0 aliphatic heterocycles. The summed E-state index contributed by atoms with van der Waals surface area (Å²) in [5.74, 6) is 0. The maximum Gasteiger partial charge on any atom is 0.261 e. The van der Waals surface area contributed by atoms with E-state index in [4.69, 9.17) is 0 Å². The largest absolute Gasteiger partial charge is 0.277 e. The van der Waals surface area contributed by atoms with Crippen molar-refractivity contribution in [3.8, 4) is 0 Å². The van der Waals surface area contributed by atoms with Gasteiger partial charge in [0.1, 0.15) is 0 Å². The summed E-state index contributed by atoms with van der Waals surface area (Å²) < 4.78 is 27.3. The van der Waals surface area contributed by atoms with Gasteiger partial charge in [-0.25, -0.2) is 8.42 Å². The SMILES string of the molecule is O=S(=O)(Nc1cnccc1I)c1ccccc1. The van der Waals surface area contributed by atoms with Crippen LogP contribution in [0.15, 0.2) is 53.7 Å². The highest BCUT2D eigenvalue weighted by Gasteiger charge is 2.14. The fourth-order valence-corrected chi connectivity index (χ4v) is 2.96. The van der Waals surface area contributed by atoms with E-state index < -0.39 is 10.0 Å². The molecule has 4 nitrogen and oxygen atoms in total. The van der Waals surface area contributed by atoms with Gasteiger partial charge >= 0.3 is 0 Å². The van der Waals surface area contributed by atoms with E-state index in [9.17, 15) is 8.42 Å². The molecule has 2 rings (SSSR count). The number of rotatable bonds is 3. The molecule has 0 saturated carbocycles. The minimum atomic E-state index is -3.53. The molecule has 2 aromatic rings. The van der Waals surface area contributed by atoms with Crippen molar-refractivity contribution in [2.45, 2.75) is 4.90 Å². The molecular weight excluding hydrogens is 351 g/mol. The maximum atomic E-state index is 12.0. The first-order valence-corrected chi connectivity index (χ1v) is 7.33. The van der Waals surface area contributed by atoms with Gasteiger partial charge in [-0.1, -0.05) is 18.2 Å². The van der Waals surface area contributed by atoms with E-state index in [2.05, 4.69) is 32.3 Å². The standard InChI is InChI=1S/C11H9IN2O2S/c12-10-6-7-13-8-11(10)14-17(15,16)9-4-2-1-3-5-9/h1-8,14H. The second kappa shape index (κ2) is 5.01. The van der Waals surface area contributed by atoms with Gasteiger partial charge in [-0.2, -0.15) is 0 Å². The molecule has 0 aliphatic rings. The van der Waals surface area contributed by atoms with E-state index in [0.29, 0.717) is 5.69 Å². The zero-order valence-electron chi connectivity index (χ0n) is 8.67. The zero-order valence-corrected chi connectivity index (χ0v) is 11.6. The summed E-state index contributed by atoms with van der Waals surface area (Å²) in [6, 6.07) is 9.97. The Morgan fingerprint density at radius 1 is 1.12 bits per heavy atom. The Morgan fingerprint density at radius 2 is 1.82 bits per heavy atom. The van der Waals surface area contributed by atoms with E-state index in [-0.39, 0.29) is 4.90 Å². The van der Waals surface area contributed by atoms with Crippen molar-refractivity contribution in [1.82, 2.24) is 4.98 Å². The Morgan fingerprint density at radius 3 is 2.47 bits per heavy atom. The number of sulfonamides is 1. The second-order valence-electron chi connectivity index (χ2n) is 3.27. The summed E-state index contributed by atoms with van der Waals surface area (Å²) in [4.78, 5) is 4.13. The van der Waals surface area contributed by atoms with Crippen LogP contribution in [-0.2, 0) is 10.0 Å². The molecular formula is C11H9IN2O2S. The van der Waals surface area contributed by atoms with Crippen molar-refractivity contribution in [1.29, 1.82) is 0 Å². The Kier molecular flexibility index (Phi) is 3.63. The number of anilines is 1.